The minimum atomic E-state index is 0.604. The van der Waals surface area contributed by atoms with Gasteiger partial charge in [0, 0.05) is 23.7 Å². The van der Waals surface area contributed by atoms with Gasteiger partial charge in [0.05, 0.1) is 12.2 Å². The number of rotatable bonds is 1. The van der Waals surface area contributed by atoms with Gasteiger partial charge in [-0.15, -0.1) is 0 Å². The molecule has 0 amide bonds. The molecule has 3 rings (SSSR count). The summed E-state index contributed by atoms with van der Waals surface area (Å²) in [5.74, 6) is 0.997. The third-order valence-electron chi connectivity index (χ3n) is 3.45. The first-order valence-corrected chi connectivity index (χ1v) is 6.90. The quantitative estimate of drug-likeness (QED) is 0.796. The Labute approximate surface area is 110 Å². The van der Waals surface area contributed by atoms with Gasteiger partial charge in [-0.3, -0.25) is 0 Å². The summed E-state index contributed by atoms with van der Waals surface area (Å²) in [6.45, 7) is 3.53. The van der Waals surface area contributed by atoms with Crippen LogP contribution in [0.4, 0.5) is 5.69 Å². The van der Waals surface area contributed by atoms with Gasteiger partial charge in [0.1, 0.15) is 12.4 Å². The normalized spacial score (nSPS) is 20.9. The lowest BCUT2D eigenvalue weighted by molar-refractivity contribution is 0.0828. The fraction of sp³-hybridized carbons (Fsp3) is 0.538. The molecule has 0 unspecified atom stereocenters. The van der Waals surface area contributed by atoms with Gasteiger partial charge in [-0.05, 0) is 31.0 Å². The predicted octanol–water partition coefficient (Wildman–Crippen LogP) is 2.83. The summed E-state index contributed by atoms with van der Waals surface area (Å²) in [6.07, 6.45) is 2.24. The Morgan fingerprint density at radius 3 is 2.82 bits per heavy atom. The zero-order chi connectivity index (χ0) is 11.7. The summed E-state index contributed by atoms with van der Waals surface area (Å²) >= 11 is 3.49. The van der Waals surface area contributed by atoms with E-state index in [1.807, 2.05) is 0 Å². The summed E-state index contributed by atoms with van der Waals surface area (Å²) in [6, 6.07) is 6.89. The molecule has 2 heterocycles. The van der Waals surface area contributed by atoms with Gasteiger partial charge in [-0.2, -0.15) is 0 Å². The molecule has 0 spiro atoms. The molecule has 92 valence electrons. The first kappa shape index (κ1) is 11.4. The highest BCUT2D eigenvalue weighted by molar-refractivity contribution is 9.10. The highest BCUT2D eigenvalue weighted by Crippen LogP contribution is 2.36. The van der Waals surface area contributed by atoms with Crippen LogP contribution in [-0.4, -0.2) is 32.4 Å². The van der Waals surface area contributed by atoms with Crippen LogP contribution in [0.5, 0.6) is 5.75 Å². The van der Waals surface area contributed by atoms with Crippen molar-refractivity contribution in [3.05, 3.63) is 22.7 Å². The van der Waals surface area contributed by atoms with E-state index < -0.39 is 0 Å². The van der Waals surface area contributed by atoms with E-state index in [4.69, 9.17) is 9.47 Å². The molecule has 2 aliphatic heterocycles. The van der Waals surface area contributed by atoms with Crippen molar-refractivity contribution >= 4 is 21.6 Å². The standard InChI is InChI=1S/C13H16BrNO2/c14-10-1-2-12-13(9-10)17-8-5-15(12)11-3-6-16-7-4-11/h1-2,9,11H,3-8H2. The third kappa shape index (κ3) is 2.29. The Morgan fingerprint density at radius 2 is 2.00 bits per heavy atom. The molecule has 0 N–H and O–H groups in total. The predicted molar refractivity (Wildman–Crippen MR) is 70.8 cm³/mol. The second kappa shape index (κ2) is 4.86. The van der Waals surface area contributed by atoms with Crippen LogP contribution in [0.1, 0.15) is 12.8 Å². The Kier molecular flexibility index (Phi) is 3.25. The molecule has 3 nitrogen and oxygen atoms in total. The fourth-order valence-corrected chi connectivity index (χ4v) is 2.93. The van der Waals surface area contributed by atoms with Crippen molar-refractivity contribution in [2.75, 3.05) is 31.3 Å². The highest BCUT2D eigenvalue weighted by Gasteiger charge is 2.26. The smallest absolute Gasteiger partial charge is 0.143 e. The Bertz CT molecular complexity index is 404. The van der Waals surface area contributed by atoms with Gasteiger partial charge in [0.25, 0.3) is 0 Å². The lowest BCUT2D eigenvalue weighted by atomic mass is 10.1. The Balaban J connectivity index is 1.88. The second-order valence-electron chi connectivity index (χ2n) is 4.50. The number of anilines is 1. The molecule has 1 fully saturated rings. The van der Waals surface area contributed by atoms with Crippen LogP contribution >= 0.6 is 15.9 Å². The van der Waals surface area contributed by atoms with E-state index in [1.165, 1.54) is 5.69 Å². The van der Waals surface area contributed by atoms with E-state index in [0.29, 0.717) is 6.04 Å². The number of benzene rings is 1. The van der Waals surface area contributed by atoms with Crippen molar-refractivity contribution in [1.29, 1.82) is 0 Å². The summed E-state index contributed by atoms with van der Waals surface area (Å²) in [5.41, 5.74) is 1.23. The van der Waals surface area contributed by atoms with Crippen molar-refractivity contribution in [3.8, 4) is 5.75 Å². The molecule has 0 saturated carbocycles. The Morgan fingerprint density at radius 1 is 1.18 bits per heavy atom. The molecular formula is C13H16BrNO2. The molecule has 0 radical (unpaired) electrons. The number of fused-ring (bicyclic) bond motifs is 1. The molecule has 0 aromatic heterocycles. The minimum Gasteiger partial charge on any atom is -0.490 e. The summed E-state index contributed by atoms with van der Waals surface area (Å²) in [5, 5.41) is 0. The molecule has 4 heteroatoms. The molecule has 2 aliphatic rings. The SMILES string of the molecule is Brc1ccc2c(c1)OCCN2C1CCOCC1. The number of ether oxygens (including phenoxy) is 2. The van der Waals surface area contributed by atoms with Crippen LogP contribution in [0.25, 0.3) is 0 Å². The summed E-state index contributed by atoms with van der Waals surface area (Å²) < 4.78 is 12.2. The third-order valence-corrected chi connectivity index (χ3v) is 3.95. The van der Waals surface area contributed by atoms with Gasteiger partial charge in [-0.1, -0.05) is 15.9 Å². The van der Waals surface area contributed by atoms with E-state index in [0.717, 1.165) is 49.4 Å². The molecule has 1 saturated heterocycles. The first-order valence-electron chi connectivity index (χ1n) is 6.11. The van der Waals surface area contributed by atoms with Crippen LogP contribution in [0.15, 0.2) is 22.7 Å². The van der Waals surface area contributed by atoms with Crippen LogP contribution < -0.4 is 9.64 Å². The topological polar surface area (TPSA) is 21.7 Å². The molecule has 0 aliphatic carbocycles. The average molecular weight is 298 g/mol. The summed E-state index contributed by atoms with van der Waals surface area (Å²) in [7, 11) is 0. The van der Waals surface area contributed by atoms with Gasteiger partial charge in [0.2, 0.25) is 0 Å². The van der Waals surface area contributed by atoms with Crippen molar-refractivity contribution in [2.45, 2.75) is 18.9 Å². The number of hydrogen-bond acceptors (Lipinski definition) is 3. The van der Waals surface area contributed by atoms with Crippen molar-refractivity contribution in [1.82, 2.24) is 0 Å². The maximum atomic E-state index is 5.72. The first-order chi connectivity index (χ1) is 8.34. The molecular weight excluding hydrogens is 282 g/mol. The Hall–Kier alpha value is -0.740. The van der Waals surface area contributed by atoms with Crippen LogP contribution in [-0.2, 0) is 4.74 Å². The molecule has 1 aromatic rings. The van der Waals surface area contributed by atoms with Crippen LogP contribution in [0, 0.1) is 0 Å². The maximum absolute atomic E-state index is 5.72. The molecule has 1 aromatic carbocycles. The highest BCUT2D eigenvalue weighted by atomic mass is 79.9. The van der Waals surface area contributed by atoms with Gasteiger partial charge in [-0.25, -0.2) is 0 Å². The maximum Gasteiger partial charge on any atom is 0.143 e. The number of hydrogen-bond donors (Lipinski definition) is 0. The summed E-state index contributed by atoms with van der Waals surface area (Å²) in [4.78, 5) is 2.48. The second-order valence-corrected chi connectivity index (χ2v) is 5.41. The lowest BCUT2D eigenvalue weighted by Gasteiger charge is -2.39. The van der Waals surface area contributed by atoms with E-state index >= 15 is 0 Å². The van der Waals surface area contributed by atoms with E-state index in [9.17, 15) is 0 Å². The van der Waals surface area contributed by atoms with Crippen LogP contribution in [0.3, 0.4) is 0 Å². The van der Waals surface area contributed by atoms with Crippen molar-refractivity contribution < 1.29 is 9.47 Å². The van der Waals surface area contributed by atoms with Gasteiger partial charge < -0.3 is 14.4 Å². The van der Waals surface area contributed by atoms with Crippen molar-refractivity contribution in [3.63, 3.8) is 0 Å². The number of halogens is 1. The zero-order valence-corrected chi connectivity index (χ0v) is 11.3. The lowest BCUT2D eigenvalue weighted by Crippen LogP contribution is -2.43. The van der Waals surface area contributed by atoms with E-state index in [2.05, 4.69) is 39.0 Å². The van der Waals surface area contributed by atoms with Gasteiger partial charge in [0.15, 0.2) is 0 Å². The average Bonchev–Trinajstić information content (AvgIpc) is 2.39. The van der Waals surface area contributed by atoms with Gasteiger partial charge >= 0.3 is 0 Å². The largest absolute Gasteiger partial charge is 0.490 e. The molecule has 0 atom stereocenters. The minimum absolute atomic E-state index is 0.604. The fourth-order valence-electron chi connectivity index (χ4n) is 2.59. The molecule has 0 bridgehead atoms. The van der Waals surface area contributed by atoms with Crippen molar-refractivity contribution in [2.24, 2.45) is 0 Å². The van der Waals surface area contributed by atoms with E-state index in [1.54, 1.807) is 0 Å². The monoisotopic (exact) mass is 297 g/mol. The van der Waals surface area contributed by atoms with Crippen LogP contribution in [0.2, 0.25) is 0 Å². The zero-order valence-electron chi connectivity index (χ0n) is 9.69. The number of nitrogens with zero attached hydrogens (tertiary/aromatic N) is 1. The van der Waals surface area contributed by atoms with E-state index in [-0.39, 0.29) is 0 Å². The molecule has 17 heavy (non-hydrogen) atoms.